The van der Waals surface area contributed by atoms with Crippen molar-refractivity contribution in [3.8, 4) is 5.75 Å². The van der Waals surface area contributed by atoms with Crippen LogP contribution in [0.3, 0.4) is 0 Å². The van der Waals surface area contributed by atoms with Crippen molar-refractivity contribution in [2.24, 2.45) is 0 Å². The van der Waals surface area contributed by atoms with Crippen LogP contribution in [0.25, 0.3) is 0 Å². The number of benzene rings is 1. The molecule has 0 amide bonds. The molecule has 0 saturated heterocycles. The van der Waals surface area contributed by atoms with Gasteiger partial charge in [0.1, 0.15) is 12.4 Å². The number of hydrogen-bond acceptors (Lipinski definition) is 4. The number of ether oxygens (including phenoxy) is 1. The second kappa shape index (κ2) is 5.77. The molecule has 1 heterocycles. The van der Waals surface area contributed by atoms with Crippen LogP contribution in [0.5, 0.6) is 5.75 Å². The summed E-state index contributed by atoms with van der Waals surface area (Å²) in [6, 6.07) is 3.47. The Morgan fingerprint density at radius 3 is 2.89 bits per heavy atom. The summed E-state index contributed by atoms with van der Waals surface area (Å²) in [5.74, 6) is -1.49. The molecule has 0 bridgehead atoms. The number of anilines is 1. The van der Waals surface area contributed by atoms with Gasteiger partial charge in [0.15, 0.2) is 16.8 Å². The highest BCUT2D eigenvalue weighted by atomic mass is 32.1. The summed E-state index contributed by atoms with van der Waals surface area (Å²) in [5.41, 5.74) is 0. The van der Waals surface area contributed by atoms with E-state index in [2.05, 4.69) is 10.3 Å². The molecule has 1 aromatic heterocycles. The van der Waals surface area contributed by atoms with Gasteiger partial charge in [0.05, 0.1) is 4.88 Å². The molecule has 18 heavy (non-hydrogen) atoms. The van der Waals surface area contributed by atoms with Crippen molar-refractivity contribution < 1.29 is 13.5 Å². The first-order valence-electron chi connectivity index (χ1n) is 5.45. The Kier molecular flexibility index (Phi) is 4.09. The Balaban J connectivity index is 1.95. The molecule has 0 atom stereocenters. The topological polar surface area (TPSA) is 34.2 Å². The van der Waals surface area contributed by atoms with E-state index in [1.54, 1.807) is 6.20 Å². The molecular weight excluding hydrogens is 258 g/mol. The highest BCUT2D eigenvalue weighted by Crippen LogP contribution is 2.21. The van der Waals surface area contributed by atoms with E-state index in [0.717, 1.165) is 28.7 Å². The zero-order valence-corrected chi connectivity index (χ0v) is 10.6. The van der Waals surface area contributed by atoms with Gasteiger partial charge in [0.2, 0.25) is 0 Å². The summed E-state index contributed by atoms with van der Waals surface area (Å²) in [5, 5.41) is 3.91. The van der Waals surface area contributed by atoms with Crippen molar-refractivity contribution in [2.45, 2.75) is 13.5 Å². The lowest BCUT2D eigenvalue weighted by atomic mass is 10.3. The van der Waals surface area contributed by atoms with Crippen LogP contribution in [0.2, 0.25) is 0 Å². The van der Waals surface area contributed by atoms with Gasteiger partial charge in [-0.2, -0.15) is 0 Å². The van der Waals surface area contributed by atoms with E-state index < -0.39 is 11.6 Å². The van der Waals surface area contributed by atoms with E-state index in [9.17, 15) is 8.78 Å². The van der Waals surface area contributed by atoms with Crippen LogP contribution in [0.4, 0.5) is 13.9 Å². The fourth-order valence-electron chi connectivity index (χ4n) is 1.33. The fraction of sp³-hybridized carbons (Fsp3) is 0.250. The van der Waals surface area contributed by atoms with Crippen LogP contribution in [0, 0.1) is 11.6 Å². The standard InChI is InChI=1S/C12H12F2N2OS/c1-2-15-12-16-6-9(18-12)7-17-8-3-4-10(13)11(14)5-8/h3-6H,2,7H2,1H3,(H,15,16). The molecule has 3 nitrogen and oxygen atoms in total. The molecule has 6 heteroatoms. The summed E-state index contributed by atoms with van der Waals surface area (Å²) in [7, 11) is 0. The van der Waals surface area contributed by atoms with Crippen molar-refractivity contribution in [2.75, 3.05) is 11.9 Å². The van der Waals surface area contributed by atoms with Crippen LogP contribution in [0.1, 0.15) is 11.8 Å². The fourth-order valence-corrected chi connectivity index (χ4v) is 2.12. The monoisotopic (exact) mass is 270 g/mol. The normalized spacial score (nSPS) is 10.4. The molecular formula is C12H12F2N2OS. The van der Waals surface area contributed by atoms with Gasteiger partial charge in [-0.15, -0.1) is 0 Å². The van der Waals surface area contributed by atoms with Gasteiger partial charge >= 0.3 is 0 Å². The maximum absolute atomic E-state index is 12.9. The second-order valence-electron chi connectivity index (χ2n) is 3.53. The molecule has 2 aromatic rings. The molecule has 0 radical (unpaired) electrons. The minimum absolute atomic E-state index is 0.286. The average Bonchev–Trinajstić information content (AvgIpc) is 2.79. The largest absolute Gasteiger partial charge is 0.488 e. The summed E-state index contributed by atoms with van der Waals surface area (Å²) in [4.78, 5) is 5.06. The predicted octanol–water partition coefficient (Wildman–Crippen LogP) is 3.43. The second-order valence-corrected chi connectivity index (χ2v) is 4.64. The molecule has 0 spiro atoms. The molecule has 0 aliphatic rings. The van der Waals surface area contributed by atoms with Crippen LogP contribution in [-0.4, -0.2) is 11.5 Å². The number of hydrogen-bond donors (Lipinski definition) is 1. The summed E-state index contributed by atoms with van der Waals surface area (Å²) in [6.45, 7) is 3.07. The van der Waals surface area contributed by atoms with Gasteiger partial charge in [-0.05, 0) is 19.1 Å². The molecule has 96 valence electrons. The Morgan fingerprint density at radius 1 is 1.33 bits per heavy atom. The molecule has 1 N–H and O–H groups in total. The lowest BCUT2D eigenvalue weighted by Gasteiger charge is -2.04. The van der Waals surface area contributed by atoms with Gasteiger partial charge < -0.3 is 10.1 Å². The molecule has 0 saturated carbocycles. The Hall–Kier alpha value is -1.69. The maximum atomic E-state index is 12.9. The minimum Gasteiger partial charge on any atom is -0.488 e. The highest BCUT2D eigenvalue weighted by molar-refractivity contribution is 7.15. The Bertz CT molecular complexity index is 531. The maximum Gasteiger partial charge on any atom is 0.182 e. The molecule has 0 fully saturated rings. The van der Waals surface area contributed by atoms with Crippen molar-refractivity contribution >= 4 is 16.5 Å². The quantitative estimate of drug-likeness (QED) is 0.903. The summed E-state index contributed by atoms with van der Waals surface area (Å²) >= 11 is 1.47. The Labute approximate surface area is 107 Å². The van der Waals surface area contributed by atoms with Crippen molar-refractivity contribution in [1.82, 2.24) is 4.98 Å². The van der Waals surface area contributed by atoms with Crippen molar-refractivity contribution in [3.05, 3.63) is 40.9 Å². The van der Waals surface area contributed by atoms with E-state index in [1.165, 1.54) is 17.4 Å². The van der Waals surface area contributed by atoms with Crippen LogP contribution in [-0.2, 0) is 6.61 Å². The summed E-state index contributed by atoms with van der Waals surface area (Å²) < 4.78 is 31.0. The van der Waals surface area contributed by atoms with Gasteiger partial charge in [-0.1, -0.05) is 11.3 Å². The van der Waals surface area contributed by atoms with E-state index >= 15 is 0 Å². The van der Waals surface area contributed by atoms with Crippen molar-refractivity contribution in [1.29, 1.82) is 0 Å². The van der Waals surface area contributed by atoms with Gasteiger partial charge in [0.25, 0.3) is 0 Å². The first-order valence-corrected chi connectivity index (χ1v) is 6.27. The molecule has 1 aromatic carbocycles. The predicted molar refractivity (Wildman–Crippen MR) is 67.0 cm³/mol. The SMILES string of the molecule is CCNc1ncc(COc2ccc(F)c(F)c2)s1. The molecule has 0 aliphatic heterocycles. The zero-order valence-electron chi connectivity index (χ0n) is 9.74. The third-order valence-corrected chi connectivity index (χ3v) is 3.08. The number of halogens is 2. The highest BCUT2D eigenvalue weighted by Gasteiger charge is 2.05. The first-order chi connectivity index (χ1) is 8.69. The summed E-state index contributed by atoms with van der Waals surface area (Å²) in [6.07, 6.45) is 1.70. The molecule has 0 unspecified atom stereocenters. The number of nitrogens with one attached hydrogen (secondary N) is 1. The van der Waals surface area contributed by atoms with Crippen LogP contribution < -0.4 is 10.1 Å². The minimum atomic E-state index is -0.912. The number of rotatable bonds is 5. The lowest BCUT2D eigenvalue weighted by Crippen LogP contribution is -1.94. The number of aromatic nitrogens is 1. The third kappa shape index (κ3) is 3.16. The third-order valence-electron chi connectivity index (χ3n) is 2.15. The van der Waals surface area contributed by atoms with Gasteiger partial charge in [-0.25, -0.2) is 13.8 Å². The molecule has 0 aliphatic carbocycles. The van der Waals surface area contributed by atoms with Crippen molar-refractivity contribution in [3.63, 3.8) is 0 Å². The van der Waals surface area contributed by atoms with E-state index in [4.69, 9.17) is 4.74 Å². The number of thiazole rings is 1. The lowest BCUT2D eigenvalue weighted by molar-refractivity contribution is 0.306. The van der Waals surface area contributed by atoms with Crippen LogP contribution in [0.15, 0.2) is 24.4 Å². The van der Waals surface area contributed by atoms with Gasteiger partial charge in [-0.3, -0.25) is 0 Å². The van der Waals surface area contributed by atoms with E-state index in [0.29, 0.717) is 5.75 Å². The average molecular weight is 270 g/mol. The number of nitrogens with zero attached hydrogens (tertiary/aromatic N) is 1. The first kappa shape index (κ1) is 12.8. The molecule has 2 rings (SSSR count). The Morgan fingerprint density at radius 2 is 2.17 bits per heavy atom. The van der Waals surface area contributed by atoms with E-state index in [1.807, 2.05) is 6.92 Å². The smallest absolute Gasteiger partial charge is 0.182 e. The van der Waals surface area contributed by atoms with E-state index in [-0.39, 0.29) is 6.61 Å². The van der Waals surface area contributed by atoms with Crippen LogP contribution >= 0.6 is 11.3 Å². The zero-order chi connectivity index (χ0) is 13.0. The van der Waals surface area contributed by atoms with Gasteiger partial charge in [0, 0.05) is 18.8 Å².